The van der Waals surface area contributed by atoms with Gasteiger partial charge in [-0.2, -0.15) is 0 Å². The predicted molar refractivity (Wildman–Crippen MR) is 93.1 cm³/mol. The van der Waals surface area contributed by atoms with Gasteiger partial charge < -0.3 is 9.88 Å². The fourth-order valence-corrected chi connectivity index (χ4v) is 4.40. The predicted octanol–water partition coefficient (Wildman–Crippen LogP) is 2.83. The molecule has 0 fully saturated rings. The molecule has 0 aromatic carbocycles. The van der Waals surface area contributed by atoms with Crippen molar-refractivity contribution in [3.63, 3.8) is 0 Å². The van der Waals surface area contributed by atoms with Gasteiger partial charge >= 0.3 is 0 Å². The van der Waals surface area contributed by atoms with E-state index in [9.17, 15) is 4.79 Å². The number of carbonyl (C=O) groups is 1. The van der Waals surface area contributed by atoms with Gasteiger partial charge in [0.15, 0.2) is 10.3 Å². The molecule has 1 amide bonds. The molecular weight excluding hydrogens is 330 g/mol. The second-order valence-electron chi connectivity index (χ2n) is 5.64. The highest BCUT2D eigenvalue weighted by Crippen LogP contribution is 2.29. The largest absolute Gasteiger partial charge is 0.309 e. The van der Waals surface area contributed by atoms with Crippen molar-refractivity contribution in [3.05, 3.63) is 16.4 Å². The number of hydrogen-bond donors (Lipinski definition) is 1. The van der Waals surface area contributed by atoms with E-state index in [1.54, 1.807) is 11.3 Å². The van der Waals surface area contributed by atoms with Crippen LogP contribution < -0.4 is 5.32 Å². The Balaban J connectivity index is 1.54. The molecule has 0 spiro atoms. The molecule has 6 nitrogen and oxygen atoms in total. The minimum atomic E-state index is -0.0406. The Labute approximate surface area is 144 Å². The van der Waals surface area contributed by atoms with E-state index in [1.807, 2.05) is 11.6 Å². The zero-order valence-electron chi connectivity index (χ0n) is 13.5. The summed E-state index contributed by atoms with van der Waals surface area (Å²) < 4.78 is 1.96. The second kappa shape index (κ2) is 7.44. The van der Waals surface area contributed by atoms with Crippen LogP contribution in [0.3, 0.4) is 0 Å². The quantitative estimate of drug-likeness (QED) is 0.810. The standard InChI is InChI=1S/C15H21N5OS2/c1-3-6-12-18-19-15(20(12)2)22-9-13(21)17-14-16-10-7-4-5-8-11(10)23-14/h3-9H2,1-2H3,(H,16,17,21). The third-order valence-corrected chi connectivity index (χ3v) is 5.92. The average molecular weight is 352 g/mol. The van der Waals surface area contributed by atoms with Crippen LogP contribution >= 0.6 is 23.1 Å². The lowest BCUT2D eigenvalue weighted by molar-refractivity contribution is -0.113. The first-order chi connectivity index (χ1) is 11.2. The zero-order valence-corrected chi connectivity index (χ0v) is 15.1. The maximum absolute atomic E-state index is 12.1. The van der Waals surface area contributed by atoms with Gasteiger partial charge in [-0.3, -0.25) is 4.79 Å². The molecule has 0 unspecified atom stereocenters. The molecule has 2 heterocycles. The zero-order chi connectivity index (χ0) is 16.2. The Morgan fingerprint density at radius 3 is 2.96 bits per heavy atom. The Kier molecular flexibility index (Phi) is 5.32. The van der Waals surface area contributed by atoms with E-state index in [1.165, 1.54) is 35.2 Å². The number of rotatable bonds is 6. The Morgan fingerprint density at radius 1 is 1.35 bits per heavy atom. The van der Waals surface area contributed by atoms with Crippen LogP contribution in [0.4, 0.5) is 5.13 Å². The van der Waals surface area contributed by atoms with Crippen molar-refractivity contribution < 1.29 is 4.79 Å². The summed E-state index contributed by atoms with van der Waals surface area (Å²) in [7, 11) is 1.94. The van der Waals surface area contributed by atoms with Gasteiger partial charge in [0.2, 0.25) is 5.91 Å². The van der Waals surface area contributed by atoms with Crippen LogP contribution in [0, 0.1) is 0 Å². The molecule has 2 aromatic rings. The van der Waals surface area contributed by atoms with E-state index in [0.717, 1.165) is 41.8 Å². The van der Waals surface area contributed by atoms with Crippen molar-refractivity contribution in [2.24, 2.45) is 7.05 Å². The molecule has 0 radical (unpaired) electrons. The molecule has 0 bridgehead atoms. The maximum atomic E-state index is 12.1. The van der Waals surface area contributed by atoms with Gasteiger partial charge in [0, 0.05) is 18.3 Å². The van der Waals surface area contributed by atoms with E-state index in [4.69, 9.17) is 0 Å². The first kappa shape index (κ1) is 16.4. The van der Waals surface area contributed by atoms with E-state index >= 15 is 0 Å². The summed E-state index contributed by atoms with van der Waals surface area (Å²) in [4.78, 5) is 18.0. The molecule has 0 atom stereocenters. The Morgan fingerprint density at radius 2 is 2.17 bits per heavy atom. The molecule has 1 aliphatic carbocycles. The Hall–Kier alpha value is -1.41. The molecule has 0 aliphatic heterocycles. The monoisotopic (exact) mass is 351 g/mol. The van der Waals surface area contributed by atoms with E-state index in [-0.39, 0.29) is 5.91 Å². The summed E-state index contributed by atoms with van der Waals surface area (Å²) in [5, 5.41) is 12.7. The van der Waals surface area contributed by atoms with Crippen molar-refractivity contribution >= 4 is 34.1 Å². The van der Waals surface area contributed by atoms with Gasteiger partial charge in [0.25, 0.3) is 0 Å². The maximum Gasteiger partial charge on any atom is 0.236 e. The van der Waals surface area contributed by atoms with E-state index in [0.29, 0.717) is 5.75 Å². The first-order valence-corrected chi connectivity index (χ1v) is 9.77. The van der Waals surface area contributed by atoms with Crippen LogP contribution in [0.25, 0.3) is 0 Å². The number of fused-ring (bicyclic) bond motifs is 1. The summed E-state index contributed by atoms with van der Waals surface area (Å²) >= 11 is 3.02. The number of thiazole rings is 1. The topological polar surface area (TPSA) is 72.7 Å². The molecule has 1 N–H and O–H groups in total. The summed E-state index contributed by atoms with van der Waals surface area (Å²) in [6.45, 7) is 2.11. The van der Waals surface area contributed by atoms with Crippen molar-refractivity contribution in [1.82, 2.24) is 19.7 Å². The molecule has 1 aliphatic rings. The highest BCUT2D eigenvalue weighted by Gasteiger charge is 2.17. The lowest BCUT2D eigenvalue weighted by Crippen LogP contribution is -2.14. The molecule has 0 saturated heterocycles. The van der Waals surface area contributed by atoms with E-state index in [2.05, 4.69) is 27.4 Å². The number of thioether (sulfide) groups is 1. The SMILES string of the molecule is CCCc1nnc(SCC(=O)Nc2nc3c(s2)CCCC3)n1C. The lowest BCUT2D eigenvalue weighted by Gasteiger charge is -2.06. The number of aromatic nitrogens is 4. The average Bonchev–Trinajstić information content (AvgIpc) is 3.09. The highest BCUT2D eigenvalue weighted by atomic mass is 32.2. The third-order valence-electron chi connectivity index (χ3n) is 3.82. The smallest absolute Gasteiger partial charge is 0.236 e. The number of anilines is 1. The van der Waals surface area contributed by atoms with Crippen LogP contribution in [-0.2, 0) is 31.1 Å². The molecule has 23 heavy (non-hydrogen) atoms. The van der Waals surface area contributed by atoms with Crippen LogP contribution in [-0.4, -0.2) is 31.4 Å². The summed E-state index contributed by atoms with van der Waals surface area (Å²) in [6.07, 6.45) is 6.50. The van der Waals surface area contributed by atoms with Gasteiger partial charge in [-0.05, 0) is 32.1 Å². The number of amides is 1. The number of nitrogens with one attached hydrogen (secondary N) is 1. The molecule has 0 saturated carbocycles. The van der Waals surface area contributed by atoms with Crippen molar-refractivity contribution in [3.8, 4) is 0 Å². The number of carbonyl (C=O) groups excluding carboxylic acids is 1. The first-order valence-electron chi connectivity index (χ1n) is 7.97. The summed E-state index contributed by atoms with van der Waals surface area (Å²) in [5.41, 5.74) is 1.17. The molecule has 124 valence electrons. The van der Waals surface area contributed by atoms with E-state index < -0.39 is 0 Å². The minimum absolute atomic E-state index is 0.0406. The van der Waals surface area contributed by atoms with Gasteiger partial charge in [-0.15, -0.1) is 21.5 Å². The third kappa shape index (κ3) is 3.92. The lowest BCUT2D eigenvalue weighted by atomic mass is 10.0. The molecular formula is C15H21N5OS2. The van der Waals surface area contributed by atoms with Crippen molar-refractivity contribution in [1.29, 1.82) is 0 Å². The fourth-order valence-electron chi connectivity index (χ4n) is 2.60. The molecule has 2 aromatic heterocycles. The van der Waals surface area contributed by atoms with Crippen molar-refractivity contribution in [2.45, 2.75) is 50.6 Å². The summed E-state index contributed by atoms with van der Waals surface area (Å²) in [5.74, 6) is 1.24. The molecule has 8 heteroatoms. The number of aryl methyl sites for hydroxylation is 3. The Bertz CT molecular complexity index is 671. The van der Waals surface area contributed by atoms with Gasteiger partial charge in [-0.1, -0.05) is 18.7 Å². The van der Waals surface area contributed by atoms with Gasteiger partial charge in [-0.25, -0.2) is 4.98 Å². The normalized spacial score (nSPS) is 13.8. The van der Waals surface area contributed by atoms with Crippen LogP contribution in [0.5, 0.6) is 0 Å². The second-order valence-corrected chi connectivity index (χ2v) is 7.67. The van der Waals surface area contributed by atoms with Crippen LogP contribution in [0.1, 0.15) is 42.6 Å². The van der Waals surface area contributed by atoms with Gasteiger partial charge in [0.1, 0.15) is 5.82 Å². The highest BCUT2D eigenvalue weighted by molar-refractivity contribution is 7.99. The van der Waals surface area contributed by atoms with Crippen molar-refractivity contribution in [2.75, 3.05) is 11.1 Å². The van der Waals surface area contributed by atoms with Crippen LogP contribution in [0.15, 0.2) is 5.16 Å². The summed E-state index contributed by atoms with van der Waals surface area (Å²) in [6, 6.07) is 0. The number of hydrogen-bond acceptors (Lipinski definition) is 6. The van der Waals surface area contributed by atoms with Crippen LogP contribution in [0.2, 0.25) is 0 Å². The molecule has 3 rings (SSSR count). The minimum Gasteiger partial charge on any atom is -0.309 e. The van der Waals surface area contributed by atoms with Gasteiger partial charge in [0.05, 0.1) is 11.4 Å². The fraction of sp³-hybridized carbons (Fsp3) is 0.600. The number of nitrogens with zero attached hydrogens (tertiary/aromatic N) is 4.